The highest BCUT2D eigenvalue weighted by Crippen LogP contribution is 2.28. The van der Waals surface area contributed by atoms with Crippen LogP contribution in [0.25, 0.3) is 33.3 Å². The van der Waals surface area contributed by atoms with Crippen molar-refractivity contribution in [3.05, 3.63) is 84.2 Å². The minimum Gasteiger partial charge on any atom is -0.385 e. The summed E-state index contributed by atoms with van der Waals surface area (Å²) in [7, 11) is 0. The van der Waals surface area contributed by atoms with E-state index in [4.69, 9.17) is 0 Å². The molecular weight excluding hydrogens is 351 g/mol. The number of anilines is 1. The van der Waals surface area contributed by atoms with Crippen molar-refractivity contribution in [3.8, 4) is 22.4 Å². The second-order valence-electron chi connectivity index (χ2n) is 6.56. The van der Waals surface area contributed by atoms with Crippen molar-refractivity contribution in [2.45, 2.75) is 6.92 Å². The molecule has 0 amide bonds. The Kier molecular flexibility index (Phi) is 4.85. The number of aldehydes is 1. The SMILES string of the molecule is CCNc1ccc(-c2ccc(-c3cc(C=O)c4cc(F)ccc4n3)cc2)cc1. The zero-order chi connectivity index (χ0) is 19.5. The highest BCUT2D eigenvalue weighted by atomic mass is 19.1. The standard InChI is InChI=1S/C24H19FN2O/c1-2-26-21-10-7-17(8-11-21)16-3-5-18(6-4-16)24-13-19(15-28)22-14-20(25)9-12-23(22)27-24/h3-15,26H,2H2,1H3. The minimum atomic E-state index is -0.380. The summed E-state index contributed by atoms with van der Waals surface area (Å²) in [5, 5.41) is 3.81. The summed E-state index contributed by atoms with van der Waals surface area (Å²) in [4.78, 5) is 16.1. The maximum absolute atomic E-state index is 13.5. The topological polar surface area (TPSA) is 42.0 Å². The first-order chi connectivity index (χ1) is 13.7. The zero-order valence-corrected chi connectivity index (χ0v) is 15.4. The molecule has 28 heavy (non-hydrogen) atoms. The third kappa shape index (κ3) is 3.49. The van der Waals surface area contributed by atoms with Crippen molar-refractivity contribution < 1.29 is 9.18 Å². The van der Waals surface area contributed by atoms with Gasteiger partial charge < -0.3 is 5.32 Å². The van der Waals surface area contributed by atoms with Crippen molar-refractivity contribution in [1.82, 2.24) is 4.98 Å². The van der Waals surface area contributed by atoms with E-state index in [2.05, 4.69) is 41.5 Å². The monoisotopic (exact) mass is 370 g/mol. The Morgan fingerprint density at radius 2 is 1.54 bits per heavy atom. The quantitative estimate of drug-likeness (QED) is 0.441. The Morgan fingerprint density at radius 3 is 2.18 bits per heavy atom. The van der Waals surface area contributed by atoms with Gasteiger partial charge in [-0.15, -0.1) is 0 Å². The molecule has 1 N–H and O–H groups in total. The van der Waals surface area contributed by atoms with Crippen LogP contribution in [-0.2, 0) is 0 Å². The number of benzene rings is 3. The molecule has 4 rings (SSSR count). The number of hydrogen-bond acceptors (Lipinski definition) is 3. The molecule has 0 radical (unpaired) electrons. The Hall–Kier alpha value is -3.53. The van der Waals surface area contributed by atoms with Gasteiger partial charge in [-0.1, -0.05) is 36.4 Å². The predicted octanol–water partition coefficient (Wildman–Crippen LogP) is 5.95. The maximum Gasteiger partial charge on any atom is 0.150 e. The van der Waals surface area contributed by atoms with Crippen LogP contribution in [0, 0.1) is 5.82 Å². The number of rotatable bonds is 5. The number of pyridine rings is 1. The predicted molar refractivity (Wildman–Crippen MR) is 112 cm³/mol. The number of hydrogen-bond donors (Lipinski definition) is 1. The average molecular weight is 370 g/mol. The molecule has 0 aliphatic heterocycles. The molecule has 1 heterocycles. The molecule has 3 nitrogen and oxygen atoms in total. The third-order valence-electron chi connectivity index (χ3n) is 4.71. The Bertz CT molecular complexity index is 1140. The summed E-state index contributed by atoms with van der Waals surface area (Å²) in [6.45, 7) is 2.96. The number of carbonyl (C=O) groups excluding carboxylic acids is 1. The first kappa shape index (κ1) is 17.9. The van der Waals surface area contributed by atoms with E-state index in [9.17, 15) is 9.18 Å². The van der Waals surface area contributed by atoms with E-state index in [1.807, 2.05) is 24.3 Å². The number of halogens is 1. The van der Waals surface area contributed by atoms with Gasteiger partial charge in [-0.05, 0) is 54.4 Å². The van der Waals surface area contributed by atoms with Crippen LogP contribution >= 0.6 is 0 Å². The normalized spacial score (nSPS) is 10.8. The smallest absolute Gasteiger partial charge is 0.150 e. The van der Waals surface area contributed by atoms with Crippen molar-refractivity contribution >= 4 is 22.9 Å². The lowest BCUT2D eigenvalue weighted by molar-refractivity contribution is 0.112. The average Bonchev–Trinajstić information content (AvgIpc) is 2.74. The fraction of sp³-hybridized carbons (Fsp3) is 0.0833. The van der Waals surface area contributed by atoms with E-state index in [1.54, 1.807) is 12.1 Å². The molecule has 0 unspecified atom stereocenters. The van der Waals surface area contributed by atoms with Crippen molar-refractivity contribution in [3.63, 3.8) is 0 Å². The molecule has 0 aliphatic rings. The second-order valence-corrected chi connectivity index (χ2v) is 6.56. The number of nitrogens with one attached hydrogen (secondary N) is 1. The molecule has 0 saturated carbocycles. The molecule has 0 atom stereocenters. The van der Waals surface area contributed by atoms with Crippen molar-refractivity contribution in [2.75, 3.05) is 11.9 Å². The van der Waals surface area contributed by atoms with Gasteiger partial charge in [0.15, 0.2) is 6.29 Å². The number of aromatic nitrogens is 1. The molecule has 0 aliphatic carbocycles. The molecule has 0 spiro atoms. The zero-order valence-electron chi connectivity index (χ0n) is 15.4. The summed E-state index contributed by atoms with van der Waals surface area (Å²) in [5.74, 6) is -0.380. The van der Waals surface area contributed by atoms with E-state index < -0.39 is 0 Å². The summed E-state index contributed by atoms with van der Waals surface area (Å²) >= 11 is 0. The number of carbonyl (C=O) groups is 1. The number of fused-ring (bicyclic) bond motifs is 1. The van der Waals surface area contributed by atoms with Crippen LogP contribution in [0.3, 0.4) is 0 Å². The molecule has 3 aromatic carbocycles. The molecule has 0 bridgehead atoms. The fourth-order valence-corrected chi connectivity index (χ4v) is 3.29. The third-order valence-corrected chi connectivity index (χ3v) is 4.71. The van der Waals surface area contributed by atoms with Crippen molar-refractivity contribution in [1.29, 1.82) is 0 Å². The van der Waals surface area contributed by atoms with Crippen molar-refractivity contribution in [2.24, 2.45) is 0 Å². The molecule has 138 valence electrons. The van der Waals surface area contributed by atoms with Crippen LogP contribution in [0.4, 0.5) is 10.1 Å². The molecule has 0 fully saturated rings. The van der Waals surface area contributed by atoms with E-state index in [1.165, 1.54) is 12.1 Å². The Labute approximate surface area is 162 Å². The molecule has 4 heteroatoms. The summed E-state index contributed by atoms with van der Waals surface area (Å²) in [6, 6.07) is 22.3. The first-order valence-corrected chi connectivity index (χ1v) is 9.18. The molecular formula is C24H19FN2O. The summed E-state index contributed by atoms with van der Waals surface area (Å²) < 4.78 is 13.5. The fourth-order valence-electron chi connectivity index (χ4n) is 3.29. The van der Waals surface area contributed by atoms with E-state index in [-0.39, 0.29) is 5.82 Å². The van der Waals surface area contributed by atoms with Crippen LogP contribution in [0.15, 0.2) is 72.8 Å². The van der Waals surface area contributed by atoms with Gasteiger partial charge in [0.1, 0.15) is 5.82 Å². The van der Waals surface area contributed by atoms with Crippen LogP contribution in [-0.4, -0.2) is 17.8 Å². The first-order valence-electron chi connectivity index (χ1n) is 9.18. The largest absolute Gasteiger partial charge is 0.385 e. The van der Waals surface area contributed by atoms with E-state index in [0.717, 1.165) is 35.2 Å². The van der Waals surface area contributed by atoms with E-state index >= 15 is 0 Å². The highest BCUT2D eigenvalue weighted by molar-refractivity contribution is 5.98. The minimum absolute atomic E-state index is 0.380. The number of nitrogens with zero attached hydrogens (tertiary/aromatic N) is 1. The molecule has 0 saturated heterocycles. The molecule has 1 aromatic heterocycles. The Balaban J connectivity index is 1.68. The highest BCUT2D eigenvalue weighted by Gasteiger charge is 2.09. The van der Waals surface area contributed by atoms with Gasteiger partial charge in [-0.25, -0.2) is 9.37 Å². The van der Waals surface area contributed by atoms with Gasteiger partial charge in [0.05, 0.1) is 11.2 Å². The van der Waals surface area contributed by atoms with Crippen LogP contribution in [0.5, 0.6) is 0 Å². The van der Waals surface area contributed by atoms with Crippen LogP contribution in [0.2, 0.25) is 0 Å². The van der Waals surface area contributed by atoms with E-state index in [0.29, 0.717) is 22.2 Å². The van der Waals surface area contributed by atoms with Crippen LogP contribution < -0.4 is 5.32 Å². The van der Waals surface area contributed by atoms with Gasteiger partial charge in [0, 0.05) is 28.7 Å². The molecule has 4 aromatic rings. The summed E-state index contributed by atoms with van der Waals surface area (Å²) in [6.07, 6.45) is 0.743. The maximum atomic E-state index is 13.5. The Morgan fingerprint density at radius 1 is 0.893 bits per heavy atom. The lowest BCUT2D eigenvalue weighted by Gasteiger charge is -2.08. The second kappa shape index (κ2) is 7.61. The lowest BCUT2D eigenvalue weighted by Crippen LogP contribution is -1.95. The van der Waals surface area contributed by atoms with Gasteiger partial charge in [0.2, 0.25) is 0 Å². The van der Waals surface area contributed by atoms with Gasteiger partial charge in [-0.2, -0.15) is 0 Å². The van der Waals surface area contributed by atoms with Crippen LogP contribution in [0.1, 0.15) is 17.3 Å². The lowest BCUT2D eigenvalue weighted by atomic mass is 10.0. The summed E-state index contributed by atoms with van der Waals surface area (Å²) in [5.41, 5.74) is 5.96. The van der Waals surface area contributed by atoms with Gasteiger partial charge >= 0.3 is 0 Å². The van der Waals surface area contributed by atoms with Gasteiger partial charge in [0.25, 0.3) is 0 Å². The van der Waals surface area contributed by atoms with Gasteiger partial charge in [-0.3, -0.25) is 4.79 Å².